The molecule has 3 rings (SSSR count). The van der Waals surface area contributed by atoms with Gasteiger partial charge in [0.25, 0.3) is 5.56 Å². The van der Waals surface area contributed by atoms with Crippen molar-refractivity contribution < 1.29 is 9.13 Å². The van der Waals surface area contributed by atoms with E-state index in [0.29, 0.717) is 13.2 Å². The van der Waals surface area contributed by atoms with Crippen LogP contribution in [0.2, 0.25) is 0 Å². The molecule has 0 saturated heterocycles. The van der Waals surface area contributed by atoms with Gasteiger partial charge in [-0.05, 0) is 39.2 Å². The van der Waals surface area contributed by atoms with E-state index in [1.165, 1.54) is 23.0 Å². The summed E-state index contributed by atoms with van der Waals surface area (Å²) in [5.41, 5.74) is 1.55. The Morgan fingerprint density at radius 2 is 1.75 bits per heavy atom. The first-order chi connectivity index (χ1) is 11.6. The highest BCUT2D eigenvalue weighted by Gasteiger charge is 2.11. The summed E-state index contributed by atoms with van der Waals surface area (Å²) in [6.45, 7) is 0.636. The maximum atomic E-state index is 12.9. The van der Waals surface area contributed by atoms with Gasteiger partial charge in [0.1, 0.15) is 23.2 Å². The van der Waals surface area contributed by atoms with Crippen molar-refractivity contribution in [3.8, 4) is 5.88 Å². The van der Waals surface area contributed by atoms with Gasteiger partial charge < -0.3 is 4.74 Å². The van der Waals surface area contributed by atoms with Crippen LogP contribution in [0.3, 0.4) is 0 Å². The standard InChI is InChI=1S/C18H14BrFN2O2/c19-16-17(24-11-14-4-2-1-3-5-14)21-12-22(18(16)23)10-13-6-8-15(20)9-7-13/h1-9,12H,10-11H2. The summed E-state index contributed by atoms with van der Waals surface area (Å²) in [5, 5.41) is 0. The van der Waals surface area contributed by atoms with Gasteiger partial charge in [0.2, 0.25) is 5.88 Å². The second kappa shape index (κ2) is 7.40. The van der Waals surface area contributed by atoms with Gasteiger partial charge in [-0.15, -0.1) is 0 Å². The lowest BCUT2D eigenvalue weighted by Gasteiger charge is -2.10. The van der Waals surface area contributed by atoms with Crippen LogP contribution in [-0.2, 0) is 13.2 Å². The van der Waals surface area contributed by atoms with Crippen molar-refractivity contribution >= 4 is 15.9 Å². The van der Waals surface area contributed by atoms with Gasteiger partial charge in [-0.1, -0.05) is 42.5 Å². The molecule has 0 fully saturated rings. The second-order valence-corrected chi connectivity index (χ2v) is 5.99. The average Bonchev–Trinajstić information content (AvgIpc) is 2.61. The third-order valence-corrected chi connectivity index (χ3v) is 4.11. The molecular weight excluding hydrogens is 375 g/mol. The summed E-state index contributed by atoms with van der Waals surface area (Å²) in [6, 6.07) is 15.6. The quantitative estimate of drug-likeness (QED) is 0.667. The van der Waals surface area contributed by atoms with E-state index in [1.54, 1.807) is 12.1 Å². The van der Waals surface area contributed by atoms with Crippen molar-refractivity contribution in [2.45, 2.75) is 13.2 Å². The first-order valence-corrected chi connectivity index (χ1v) is 8.09. The predicted octanol–water partition coefficient (Wildman–Crippen LogP) is 3.77. The normalized spacial score (nSPS) is 10.6. The Bertz CT molecular complexity index is 880. The smallest absolute Gasteiger partial charge is 0.271 e. The molecule has 6 heteroatoms. The van der Waals surface area contributed by atoms with Crippen LogP contribution >= 0.6 is 15.9 Å². The molecule has 2 aromatic carbocycles. The first kappa shape index (κ1) is 16.4. The fraction of sp³-hybridized carbons (Fsp3) is 0.111. The molecule has 122 valence electrons. The number of halogens is 2. The summed E-state index contributed by atoms with van der Waals surface area (Å²) < 4.78 is 20.2. The average molecular weight is 389 g/mol. The molecule has 0 unspecified atom stereocenters. The molecule has 24 heavy (non-hydrogen) atoms. The third-order valence-electron chi connectivity index (χ3n) is 3.44. The van der Waals surface area contributed by atoms with Crippen LogP contribution in [0.5, 0.6) is 5.88 Å². The van der Waals surface area contributed by atoms with Gasteiger partial charge in [-0.3, -0.25) is 9.36 Å². The van der Waals surface area contributed by atoms with Gasteiger partial charge >= 0.3 is 0 Å². The van der Waals surface area contributed by atoms with E-state index in [-0.39, 0.29) is 21.7 Å². The minimum Gasteiger partial charge on any atom is -0.472 e. The Morgan fingerprint density at radius 3 is 2.46 bits per heavy atom. The number of aromatic nitrogens is 2. The molecule has 0 aliphatic heterocycles. The lowest BCUT2D eigenvalue weighted by Crippen LogP contribution is -2.22. The zero-order valence-corrected chi connectivity index (χ0v) is 14.2. The SMILES string of the molecule is O=c1c(Br)c(OCc2ccccc2)ncn1Cc1ccc(F)cc1. The molecule has 0 atom stereocenters. The molecule has 0 bridgehead atoms. The monoisotopic (exact) mass is 388 g/mol. The van der Waals surface area contributed by atoms with Gasteiger partial charge in [-0.2, -0.15) is 0 Å². The van der Waals surface area contributed by atoms with Crippen LogP contribution in [0.15, 0.2) is 70.2 Å². The highest BCUT2D eigenvalue weighted by atomic mass is 79.9. The molecule has 1 heterocycles. The van der Waals surface area contributed by atoms with E-state index in [0.717, 1.165) is 11.1 Å². The second-order valence-electron chi connectivity index (χ2n) is 5.20. The summed E-state index contributed by atoms with van der Waals surface area (Å²) in [7, 11) is 0. The molecule has 0 aliphatic carbocycles. The fourth-order valence-electron chi connectivity index (χ4n) is 2.17. The molecule has 4 nitrogen and oxygen atoms in total. The number of nitrogens with zero attached hydrogens (tertiary/aromatic N) is 2. The Hall–Kier alpha value is -2.47. The van der Waals surface area contributed by atoms with Crippen LogP contribution in [0.4, 0.5) is 4.39 Å². The molecule has 0 amide bonds. The topological polar surface area (TPSA) is 44.1 Å². The van der Waals surface area contributed by atoms with E-state index < -0.39 is 0 Å². The third kappa shape index (κ3) is 3.89. The number of hydrogen-bond donors (Lipinski definition) is 0. The minimum atomic E-state index is -0.310. The van der Waals surface area contributed by atoms with Crippen LogP contribution in [0, 0.1) is 5.82 Å². The number of ether oxygens (including phenoxy) is 1. The molecule has 0 saturated carbocycles. The lowest BCUT2D eigenvalue weighted by molar-refractivity contribution is 0.289. The maximum Gasteiger partial charge on any atom is 0.271 e. The van der Waals surface area contributed by atoms with Crippen molar-refractivity contribution in [3.05, 3.63) is 92.7 Å². The van der Waals surface area contributed by atoms with Gasteiger partial charge in [-0.25, -0.2) is 9.37 Å². The zero-order valence-electron chi connectivity index (χ0n) is 12.7. The van der Waals surface area contributed by atoms with Crippen molar-refractivity contribution in [2.75, 3.05) is 0 Å². The summed E-state index contributed by atoms with van der Waals surface area (Å²) >= 11 is 3.25. The van der Waals surface area contributed by atoms with Crippen LogP contribution in [0.25, 0.3) is 0 Å². The van der Waals surface area contributed by atoms with Gasteiger partial charge in [0.15, 0.2) is 0 Å². The van der Waals surface area contributed by atoms with Crippen molar-refractivity contribution in [1.82, 2.24) is 9.55 Å². The van der Waals surface area contributed by atoms with E-state index >= 15 is 0 Å². The largest absolute Gasteiger partial charge is 0.472 e. The molecule has 0 N–H and O–H groups in total. The number of rotatable bonds is 5. The van der Waals surface area contributed by atoms with Crippen LogP contribution in [-0.4, -0.2) is 9.55 Å². The highest BCUT2D eigenvalue weighted by Crippen LogP contribution is 2.18. The maximum absolute atomic E-state index is 12.9. The molecular formula is C18H14BrFN2O2. The summed E-state index contributed by atoms with van der Waals surface area (Å²) in [4.78, 5) is 16.6. The van der Waals surface area contributed by atoms with Crippen molar-refractivity contribution in [1.29, 1.82) is 0 Å². The Morgan fingerprint density at radius 1 is 1.04 bits per heavy atom. The summed E-state index contributed by atoms with van der Waals surface area (Å²) in [6.07, 6.45) is 1.43. The summed E-state index contributed by atoms with van der Waals surface area (Å²) in [5.74, 6) is -0.0609. The van der Waals surface area contributed by atoms with Gasteiger partial charge in [0, 0.05) is 0 Å². The molecule has 3 aromatic rings. The van der Waals surface area contributed by atoms with Crippen molar-refractivity contribution in [3.63, 3.8) is 0 Å². The highest BCUT2D eigenvalue weighted by molar-refractivity contribution is 9.10. The molecule has 0 aliphatic rings. The Labute approximate surface area is 146 Å². The Balaban J connectivity index is 1.76. The van der Waals surface area contributed by atoms with E-state index in [4.69, 9.17) is 4.74 Å². The van der Waals surface area contributed by atoms with E-state index in [1.807, 2.05) is 30.3 Å². The molecule has 0 radical (unpaired) electrons. The van der Waals surface area contributed by atoms with Crippen LogP contribution in [0.1, 0.15) is 11.1 Å². The van der Waals surface area contributed by atoms with Crippen molar-refractivity contribution in [2.24, 2.45) is 0 Å². The number of benzene rings is 2. The zero-order chi connectivity index (χ0) is 16.9. The predicted molar refractivity (Wildman–Crippen MR) is 92.5 cm³/mol. The fourth-order valence-corrected chi connectivity index (χ4v) is 2.62. The minimum absolute atomic E-state index is 0.249. The van der Waals surface area contributed by atoms with E-state index in [9.17, 15) is 9.18 Å². The van der Waals surface area contributed by atoms with Gasteiger partial charge in [0.05, 0.1) is 6.54 Å². The number of hydrogen-bond acceptors (Lipinski definition) is 3. The molecule has 1 aromatic heterocycles. The van der Waals surface area contributed by atoms with E-state index in [2.05, 4.69) is 20.9 Å². The Kier molecular flexibility index (Phi) is 5.05. The lowest BCUT2D eigenvalue weighted by atomic mass is 10.2. The molecule has 0 spiro atoms. The first-order valence-electron chi connectivity index (χ1n) is 7.29. The van der Waals surface area contributed by atoms with Crippen LogP contribution < -0.4 is 10.3 Å².